The van der Waals surface area contributed by atoms with Crippen molar-refractivity contribution in [1.29, 1.82) is 0 Å². The van der Waals surface area contributed by atoms with Crippen LogP contribution in [0.4, 0.5) is 5.69 Å². The van der Waals surface area contributed by atoms with Crippen LogP contribution in [-0.2, 0) is 0 Å². The maximum atomic E-state index is 9.12. The van der Waals surface area contributed by atoms with Gasteiger partial charge in [0.1, 0.15) is 0 Å². The van der Waals surface area contributed by atoms with Crippen LogP contribution in [0, 0.1) is 0 Å². The second-order valence-corrected chi connectivity index (χ2v) is 2.98. The van der Waals surface area contributed by atoms with Gasteiger partial charge in [-0.1, -0.05) is 0 Å². The van der Waals surface area contributed by atoms with Crippen LogP contribution in [0.5, 0.6) is 0 Å². The zero-order valence-corrected chi connectivity index (χ0v) is 5.93. The highest BCUT2D eigenvalue weighted by Gasteiger charge is 2.04. The Kier molecular flexibility index (Phi) is 0.935. The number of thiophene rings is 1. The molecule has 0 bridgehead atoms. The van der Waals surface area contributed by atoms with E-state index in [4.69, 9.17) is 10.9 Å². The fourth-order valence-corrected chi connectivity index (χ4v) is 1.76. The van der Waals surface area contributed by atoms with Crippen molar-refractivity contribution in [2.24, 2.45) is 0 Å². The highest BCUT2D eigenvalue weighted by Crippen LogP contribution is 2.27. The fraction of sp³-hybridized carbons (Fsp3) is 0. The van der Waals surface area contributed by atoms with Crippen molar-refractivity contribution in [3.8, 4) is 0 Å². The van der Waals surface area contributed by atoms with E-state index in [2.05, 4.69) is 0 Å². The van der Waals surface area contributed by atoms with Crippen molar-refractivity contribution in [2.75, 3.05) is 5.73 Å². The number of fused-ring (bicyclic) bond motifs is 1. The third kappa shape index (κ3) is 0.537. The summed E-state index contributed by atoms with van der Waals surface area (Å²) in [7, 11) is 0. The first kappa shape index (κ1) is 5.61. The molecule has 0 atom stereocenters. The van der Waals surface area contributed by atoms with Gasteiger partial charge in [0.15, 0.2) is 0 Å². The highest BCUT2D eigenvalue weighted by atomic mass is 32.1. The first-order valence-corrected chi connectivity index (χ1v) is 3.70. The van der Waals surface area contributed by atoms with Crippen molar-refractivity contribution in [2.45, 2.75) is 0 Å². The van der Waals surface area contributed by atoms with Crippen molar-refractivity contribution < 1.29 is 5.21 Å². The second-order valence-electron chi connectivity index (χ2n) is 2.06. The molecule has 0 radical (unpaired) electrons. The maximum absolute atomic E-state index is 9.12. The molecule has 3 N–H and O–H groups in total. The van der Waals surface area contributed by atoms with Gasteiger partial charge in [-0.05, 0) is 11.4 Å². The molecule has 0 aliphatic rings. The predicted molar refractivity (Wildman–Crippen MR) is 41.4 cm³/mol. The van der Waals surface area contributed by atoms with E-state index in [1.165, 1.54) is 17.5 Å². The molecule has 10 heavy (non-hydrogen) atoms. The third-order valence-corrected chi connectivity index (χ3v) is 2.37. The molecule has 2 aromatic heterocycles. The summed E-state index contributed by atoms with van der Waals surface area (Å²) >= 11 is 1.53. The standard InChI is InChI=1S/C6H6N2OS/c7-4-3-8(9)5-1-2-10-6(4)5/h1-3,9H,7H2. The molecule has 0 saturated carbocycles. The minimum Gasteiger partial charge on any atom is -0.428 e. The van der Waals surface area contributed by atoms with Gasteiger partial charge in [-0.3, -0.25) is 0 Å². The van der Waals surface area contributed by atoms with Gasteiger partial charge < -0.3 is 10.9 Å². The topological polar surface area (TPSA) is 51.2 Å². The van der Waals surface area contributed by atoms with E-state index in [9.17, 15) is 0 Å². The number of nitrogen functional groups attached to an aromatic ring is 1. The van der Waals surface area contributed by atoms with Crippen LogP contribution in [0.3, 0.4) is 0 Å². The lowest BCUT2D eigenvalue weighted by Gasteiger charge is -1.85. The second kappa shape index (κ2) is 1.67. The largest absolute Gasteiger partial charge is 0.428 e. The molecule has 2 rings (SSSR count). The number of nitrogens with zero attached hydrogens (tertiary/aromatic N) is 1. The van der Waals surface area contributed by atoms with Crippen LogP contribution in [0.2, 0.25) is 0 Å². The first-order valence-electron chi connectivity index (χ1n) is 2.82. The van der Waals surface area contributed by atoms with Gasteiger partial charge in [0, 0.05) is 0 Å². The van der Waals surface area contributed by atoms with E-state index in [0.717, 1.165) is 14.9 Å². The van der Waals surface area contributed by atoms with E-state index in [1.807, 2.05) is 11.4 Å². The summed E-state index contributed by atoms with van der Waals surface area (Å²) in [6.45, 7) is 0. The molecule has 0 amide bonds. The van der Waals surface area contributed by atoms with Gasteiger partial charge in [-0.2, -0.15) is 4.73 Å². The number of anilines is 1. The monoisotopic (exact) mass is 154 g/mol. The number of hydrogen-bond acceptors (Lipinski definition) is 3. The quantitative estimate of drug-likeness (QED) is 0.565. The number of hydrogen-bond donors (Lipinski definition) is 2. The van der Waals surface area contributed by atoms with E-state index in [-0.39, 0.29) is 0 Å². The Bertz CT molecular complexity index is 331. The first-order chi connectivity index (χ1) is 4.79. The Hall–Kier alpha value is -1.16. The lowest BCUT2D eigenvalue weighted by molar-refractivity contribution is 0.200. The molecule has 4 heteroatoms. The molecule has 0 fully saturated rings. The summed E-state index contributed by atoms with van der Waals surface area (Å²) in [5, 5.41) is 11.0. The Morgan fingerprint density at radius 1 is 1.60 bits per heavy atom. The fourth-order valence-electron chi connectivity index (χ4n) is 0.959. The average Bonchev–Trinajstić information content (AvgIpc) is 2.39. The van der Waals surface area contributed by atoms with E-state index in [1.54, 1.807) is 0 Å². The molecule has 0 saturated heterocycles. The SMILES string of the molecule is Nc1cn(O)c2ccsc12. The van der Waals surface area contributed by atoms with Gasteiger partial charge >= 0.3 is 0 Å². The van der Waals surface area contributed by atoms with Crippen molar-refractivity contribution in [3.63, 3.8) is 0 Å². The summed E-state index contributed by atoms with van der Waals surface area (Å²) < 4.78 is 1.99. The molecule has 0 aromatic carbocycles. The van der Waals surface area contributed by atoms with Crippen molar-refractivity contribution in [1.82, 2.24) is 4.73 Å². The summed E-state index contributed by atoms with van der Waals surface area (Å²) in [4.78, 5) is 0. The number of rotatable bonds is 0. The smallest absolute Gasteiger partial charge is 0.0994 e. The number of nitrogens with two attached hydrogens (primary N) is 1. The summed E-state index contributed by atoms with van der Waals surface area (Å²) in [6, 6.07) is 1.83. The predicted octanol–water partition coefficient (Wildman–Crippen LogP) is 1.52. The van der Waals surface area contributed by atoms with Gasteiger partial charge in [-0.15, -0.1) is 11.3 Å². The molecule has 2 aromatic rings. The van der Waals surface area contributed by atoms with Crippen LogP contribution >= 0.6 is 11.3 Å². The van der Waals surface area contributed by atoms with Crippen molar-refractivity contribution >= 4 is 27.2 Å². The van der Waals surface area contributed by atoms with E-state index < -0.39 is 0 Å². The van der Waals surface area contributed by atoms with Gasteiger partial charge in [-0.25, -0.2) is 0 Å². The van der Waals surface area contributed by atoms with E-state index in [0.29, 0.717) is 5.69 Å². The summed E-state index contributed by atoms with van der Waals surface area (Å²) in [5.41, 5.74) is 6.96. The molecule has 3 nitrogen and oxygen atoms in total. The zero-order chi connectivity index (χ0) is 7.14. The van der Waals surface area contributed by atoms with Crippen LogP contribution in [0.15, 0.2) is 17.6 Å². The van der Waals surface area contributed by atoms with Crippen LogP contribution in [-0.4, -0.2) is 9.94 Å². The Morgan fingerprint density at radius 3 is 3.10 bits per heavy atom. The molecular weight excluding hydrogens is 148 g/mol. The molecule has 2 heterocycles. The van der Waals surface area contributed by atoms with E-state index >= 15 is 0 Å². The Labute approximate surface area is 61.3 Å². The maximum Gasteiger partial charge on any atom is 0.0994 e. The van der Waals surface area contributed by atoms with Gasteiger partial charge in [0.05, 0.1) is 22.1 Å². The summed E-state index contributed by atoms with van der Waals surface area (Å²) in [6.07, 6.45) is 1.50. The lowest BCUT2D eigenvalue weighted by atomic mass is 10.5. The highest BCUT2D eigenvalue weighted by molar-refractivity contribution is 7.17. The molecule has 0 spiro atoms. The zero-order valence-electron chi connectivity index (χ0n) is 5.11. The molecular formula is C6H6N2OS. The normalized spacial score (nSPS) is 10.8. The van der Waals surface area contributed by atoms with Gasteiger partial charge in [0.25, 0.3) is 0 Å². The van der Waals surface area contributed by atoms with Crippen LogP contribution < -0.4 is 5.73 Å². The van der Waals surface area contributed by atoms with Crippen LogP contribution in [0.1, 0.15) is 0 Å². The van der Waals surface area contributed by atoms with Gasteiger partial charge in [0.2, 0.25) is 0 Å². The third-order valence-electron chi connectivity index (χ3n) is 1.41. The number of aromatic nitrogens is 1. The lowest BCUT2D eigenvalue weighted by Crippen LogP contribution is -1.84. The Balaban J connectivity index is 2.98. The molecule has 0 aliphatic carbocycles. The molecule has 52 valence electrons. The minimum atomic E-state index is 0.632. The minimum absolute atomic E-state index is 0.632. The Morgan fingerprint density at radius 2 is 2.40 bits per heavy atom. The molecule has 0 unspecified atom stereocenters. The van der Waals surface area contributed by atoms with Crippen molar-refractivity contribution in [3.05, 3.63) is 17.6 Å². The summed E-state index contributed by atoms with van der Waals surface area (Å²) in [5.74, 6) is 0. The van der Waals surface area contributed by atoms with Crippen LogP contribution in [0.25, 0.3) is 10.2 Å². The molecule has 0 aliphatic heterocycles. The average molecular weight is 154 g/mol.